The maximum atomic E-state index is 13.5. The summed E-state index contributed by atoms with van der Waals surface area (Å²) in [6, 6.07) is 10.7. The summed E-state index contributed by atoms with van der Waals surface area (Å²) in [6.45, 7) is 1.73. The Kier molecular flexibility index (Phi) is 7.55. The number of halogens is 5. The number of benzene rings is 2. The second-order valence-electron chi connectivity index (χ2n) is 8.36. The molecule has 0 radical (unpaired) electrons. The zero-order valence-electron chi connectivity index (χ0n) is 19.5. The highest BCUT2D eigenvalue weighted by Crippen LogP contribution is 2.28. The first-order valence-electron chi connectivity index (χ1n) is 10.8. The lowest BCUT2D eigenvalue weighted by molar-refractivity contribution is -0.513. The van der Waals surface area contributed by atoms with E-state index < -0.39 is 29.7 Å². The van der Waals surface area contributed by atoms with Gasteiger partial charge in [0.15, 0.2) is 6.04 Å². The van der Waals surface area contributed by atoms with Crippen molar-refractivity contribution in [3.63, 3.8) is 0 Å². The van der Waals surface area contributed by atoms with Gasteiger partial charge in [0.25, 0.3) is 23.9 Å². The number of alkyl halides is 3. The van der Waals surface area contributed by atoms with E-state index in [-0.39, 0.29) is 29.1 Å². The van der Waals surface area contributed by atoms with Crippen molar-refractivity contribution >= 4 is 68.1 Å². The summed E-state index contributed by atoms with van der Waals surface area (Å²) in [5, 5.41) is 7.23. The van der Waals surface area contributed by atoms with E-state index in [2.05, 4.69) is 31.3 Å². The molecule has 1 atom stereocenters. The smallest absolute Gasteiger partial charge is 0.366 e. The molecule has 1 aliphatic heterocycles. The molecule has 0 saturated heterocycles. The number of aliphatic imine (C=N–C) groups is 1. The Morgan fingerprint density at radius 1 is 1.24 bits per heavy atom. The van der Waals surface area contributed by atoms with Crippen LogP contribution >= 0.6 is 38.5 Å². The average molecular weight is 688 g/mol. The minimum absolute atomic E-state index is 0.0606. The molecule has 2 aromatic carbocycles. The van der Waals surface area contributed by atoms with E-state index in [1.807, 2.05) is 22.6 Å². The number of aryl methyl sites for hydroxylation is 1. The molecule has 0 bridgehead atoms. The average Bonchev–Trinajstić information content (AvgIpc) is 3.39. The molecular weight excluding hydrogens is 668 g/mol. The number of nitrogens with two attached hydrogens (primary N) is 1. The highest BCUT2D eigenvalue weighted by atomic mass is 127. The molecule has 4 rings (SSSR count). The van der Waals surface area contributed by atoms with Gasteiger partial charge in [0.1, 0.15) is 5.69 Å². The number of para-hydroxylation sites is 1. The van der Waals surface area contributed by atoms with E-state index >= 15 is 0 Å². The lowest BCUT2D eigenvalue weighted by Gasteiger charge is -2.14. The summed E-state index contributed by atoms with van der Waals surface area (Å²) in [5.74, 6) is -1.33. The molecule has 0 spiro atoms. The van der Waals surface area contributed by atoms with Crippen molar-refractivity contribution in [2.24, 2.45) is 10.7 Å². The zero-order chi connectivity index (χ0) is 27.1. The van der Waals surface area contributed by atoms with Gasteiger partial charge in [-0.05, 0) is 86.3 Å². The predicted molar refractivity (Wildman–Crippen MR) is 145 cm³/mol. The number of primary amides is 1. The van der Waals surface area contributed by atoms with Crippen molar-refractivity contribution < 1.29 is 27.3 Å². The molecule has 2 heterocycles. The van der Waals surface area contributed by atoms with Crippen molar-refractivity contribution in [3.8, 4) is 5.69 Å². The molecule has 1 unspecified atom stereocenters. The van der Waals surface area contributed by atoms with Crippen LogP contribution < -0.4 is 11.1 Å². The number of carbonyl (C=O) groups is 2. The molecule has 2 amide bonds. The number of hydrogen-bond donors (Lipinski definition) is 2. The topological polar surface area (TPSA) is 105 Å². The Balaban J connectivity index is 1.77. The quantitative estimate of drug-likeness (QED) is 0.295. The summed E-state index contributed by atoms with van der Waals surface area (Å²) < 4.78 is 44.6. The summed E-state index contributed by atoms with van der Waals surface area (Å²) in [5.41, 5.74) is 6.42. The number of nitrogens with zero attached hydrogens (tertiary/aromatic N) is 4. The van der Waals surface area contributed by atoms with Gasteiger partial charge < -0.3 is 11.1 Å². The van der Waals surface area contributed by atoms with Crippen LogP contribution in [-0.2, 0) is 6.42 Å². The molecule has 0 saturated carbocycles. The second-order valence-corrected chi connectivity index (χ2v) is 10.5. The number of anilines is 1. The summed E-state index contributed by atoms with van der Waals surface area (Å²) in [7, 11) is 1.50. The zero-order valence-corrected chi connectivity index (χ0v) is 23.2. The van der Waals surface area contributed by atoms with Gasteiger partial charge in [-0.3, -0.25) is 14.2 Å². The van der Waals surface area contributed by atoms with Crippen LogP contribution in [0.25, 0.3) is 5.69 Å². The Bertz CT molecular complexity index is 1480. The Morgan fingerprint density at radius 3 is 2.59 bits per heavy atom. The maximum Gasteiger partial charge on any atom is 0.458 e. The summed E-state index contributed by atoms with van der Waals surface area (Å²) in [4.78, 5) is 29.1. The van der Waals surface area contributed by atoms with Crippen LogP contribution in [0.2, 0.25) is 0 Å². The first-order chi connectivity index (χ1) is 17.4. The standard InChI is InChI=1S/C24H19BrF3IN6O2/c1-12-7-13(29)8-15(22(30)36)20(12)32-23(37)19-10-14(33-35(19)17-6-4-3-5-16(17)25)9-18-21(24(26,27)28)31-11-34(18)2/h3-8,10-11,18H,9H2,1-2H3,(H2-,30,32,36,37)/p+1. The van der Waals surface area contributed by atoms with Crippen LogP contribution in [0.15, 0.2) is 51.9 Å². The van der Waals surface area contributed by atoms with E-state index in [0.717, 1.165) is 9.91 Å². The van der Waals surface area contributed by atoms with Crippen molar-refractivity contribution in [1.82, 2.24) is 9.78 Å². The van der Waals surface area contributed by atoms with Gasteiger partial charge in [-0.15, -0.1) is 0 Å². The number of hydrogen-bond acceptors (Lipinski definition) is 4. The van der Waals surface area contributed by atoms with Gasteiger partial charge in [-0.25, -0.2) is 4.68 Å². The van der Waals surface area contributed by atoms with E-state index in [1.54, 1.807) is 43.3 Å². The van der Waals surface area contributed by atoms with Crippen molar-refractivity contribution in [2.45, 2.75) is 25.6 Å². The maximum absolute atomic E-state index is 13.5. The highest BCUT2D eigenvalue weighted by Gasteiger charge is 2.50. The largest absolute Gasteiger partial charge is 0.458 e. The number of likely N-dealkylation sites (N-methyl/N-ethyl adjacent to an activating group) is 1. The minimum Gasteiger partial charge on any atom is -0.366 e. The molecular formula is C24H20BrF3IN6O2+. The number of carbonyl (C=O) groups excluding carboxylic acids is 2. The molecule has 3 N–H and O–H groups in total. The number of amides is 2. The lowest BCUT2D eigenvalue weighted by Crippen LogP contribution is -2.39. The number of rotatable bonds is 6. The van der Waals surface area contributed by atoms with Gasteiger partial charge in [0, 0.05) is 14.5 Å². The number of aromatic nitrogens is 2. The fraction of sp³-hybridized carbons (Fsp3) is 0.208. The third-order valence-electron chi connectivity index (χ3n) is 5.76. The minimum atomic E-state index is -4.61. The normalized spacial score (nSPS) is 15.4. The first-order valence-corrected chi connectivity index (χ1v) is 12.7. The molecule has 13 heteroatoms. The van der Waals surface area contributed by atoms with Crippen LogP contribution in [0.1, 0.15) is 32.1 Å². The Labute approximate surface area is 231 Å². The fourth-order valence-electron chi connectivity index (χ4n) is 3.99. The monoisotopic (exact) mass is 687 g/mol. The van der Waals surface area contributed by atoms with Gasteiger partial charge >= 0.3 is 6.18 Å². The lowest BCUT2D eigenvalue weighted by atomic mass is 10.1. The van der Waals surface area contributed by atoms with Crippen LogP contribution in [-0.4, -0.2) is 57.5 Å². The van der Waals surface area contributed by atoms with E-state index in [0.29, 0.717) is 15.7 Å². The molecule has 0 fully saturated rings. The molecule has 3 aromatic rings. The fourth-order valence-corrected chi connectivity index (χ4v) is 5.22. The molecule has 8 nitrogen and oxygen atoms in total. The van der Waals surface area contributed by atoms with E-state index in [4.69, 9.17) is 5.73 Å². The molecule has 192 valence electrons. The van der Waals surface area contributed by atoms with Crippen molar-refractivity contribution in [2.75, 3.05) is 12.4 Å². The molecule has 37 heavy (non-hydrogen) atoms. The molecule has 1 aromatic heterocycles. The summed E-state index contributed by atoms with van der Waals surface area (Å²) >= 11 is 5.48. The van der Waals surface area contributed by atoms with Crippen LogP contribution in [0.3, 0.4) is 0 Å². The van der Waals surface area contributed by atoms with Crippen LogP contribution in [0, 0.1) is 10.5 Å². The first kappa shape index (κ1) is 27.0. The van der Waals surface area contributed by atoms with Gasteiger partial charge in [-0.2, -0.15) is 18.3 Å². The number of nitrogens with one attached hydrogen (secondary N) is 1. The van der Waals surface area contributed by atoms with E-state index in [1.165, 1.54) is 22.4 Å². The molecule has 1 aliphatic rings. The second kappa shape index (κ2) is 10.4. The predicted octanol–water partition coefficient (Wildman–Crippen LogP) is 4.50. The SMILES string of the molecule is Cc1cc(I)cc(C(N)=O)c1NC(=O)c1cc(CC2C(C(F)(F)F)=NC=[N+]2C)nn1-c1ccccc1Br. The highest BCUT2D eigenvalue weighted by molar-refractivity contribution is 14.1. The van der Waals surface area contributed by atoms with Crippen LogP contribution in [0.5, 0.6) is 0 Å². The van der Waals surface area contributed by atoms with Crippen molar-refractivity contribution in [3.05, 3.63) is 73.0 Å². The Hall–Kier alpha value is -3.07. The van der Waals surface area contributed by atoms with Gasteiger partial charge in [-0.1, -0.05) is 12.1 Å². The third-order valence-corrected chi connectivity index (χ3v) is 7.05. The summed E-state index contributed by atoms with van der Waals surface area (Å²) in [6.07, 6.45) is -3.63. The molecule has 0 aliphatic carbocycles. The van der Waals surface area contributed by atoms with Crippen LogP contribution in [0.4, 0.5) is 18.9 Å². The Morgan fingerprint density at radius 2 is 1.95 bits per heavy atom. The van der Waals surface area contributed by atoms with Crippen molar-refractivity contribution in [1.29, 1.82) is 0 Å². The van der Waals surface area contributed by atoms with Gasteiger partial charge in [0.2, 0.25) is 0 Å². The third kappa shape index (κ3) is 5.61. The van der Waals surface area contributed by atoms with Gasteiger partial charge in [0.05, 0.1) is 29.7 Å². The van der Waals surface area contributed by atoms with E-state index in [9.17, 15) is 22.8 Å².